The zero-order valence-corrected chi connectivity index (χ0v) is 29.0. The van der Waals surface area contributed by atoms with Crippen LogP contribution >= 0.6 is 11.3 Å². The van der Waals surface area contributed by atoms with E-state index in [1.807, 2.05) is 113 Å². The summed E-state index contributed by atoms with van der Waals surface area (Å²) >= 11 is 1.56. The first-order valence-electron chi connectivity index (χ1n) is 17.3. The summed E-state index contributed by atoms with van der Waals surface area (Å²) in [4.78, 5) is 35.4. The Labute approximate surface area is 296 Å². The van der Waals surface area contributed by atoms with Crippen LogP contribution in [0.1, 0.15) is 85.8 Å². The molecule has 2 saturated heterocycles. The normalized spacial score (nSPS) is 19.4. The van der Waals surface area contributed by atoms with Crippen LogP contribution in [0.3, 0.4) is 0 Å². The Morgan fingerprint density at radius 2 is 1.70 bits per heavy atom. The van der Waals surface area contributed by atoms with Crippen molar-refractivity contribution in [2.24, 2.45) is 5.73 Å². The molecule has 258 valence electrons. The first-order valence-corrected chi connectivity index (χ1v) is 18.2. The summed E-state index contributed by atoms with van der Waals surface area (Å²) in [5, 5.41) is 19.5. The molecule has 50 heavy (non-hydrogen) atoms. The number of primary amides is 1. The molecule has 2 amide bonds. The van der Waals surface area contributed by atoms with E-state index in [1.54, 1.807) is 17.4 Å². The molecule has 2 fully saturated rings. The Morgan fingerprint density at radius 1 is 1.00 bits per heavy atom. The number of ether oxygens (including phenoxy) is 1. The number of thiazole rings is 1. The monoisotopic (exact) mass is 689 g/mol. The third-order valence-electron chi connectivity index (χ3n) is 10.0. The molecule has 7 rings (SSSR count). The van der Waals surface area contributed by atoms with E-state index >= 15 is 4.79 Å². The second-order valence-electron chi connectivity index (χ2n) is 13.3. The van der Waals surface area contributed by atoms with Gasteiger partial charge in [0, 0.05) is 52.7 Å². The van der Waals surface area contributed by atoms with Gasteiger partial charge in [0.25, 0.3) is 5.91 Å². The number of amides is 2. The minimum Gasteiger partial charge on any atom is -0.366 e. The number of benzene rings is 3. The number of carbonyl (C=O) groups excluding carboxylic acids is 2. The first-order chi connectivity index (χ1) is 24.3. The lowest BCUT2D eigenvalue weighted by Crippen LogP contribution is -2.55. The highest BCUT2D eigenvalue weighted by Gasteiger charge is 2.50. The number of nitrogens with two attached hydrogens (primary N) is 1. The van der Waals surface area contributed by atoms with Crippen molar-refractivity contribution in [2.45, 2.75) is 69.4 Å². The molecule has 0 saturated carbocycles. The predicted octanol–water partition coefficient (Wildman–Crippen LogP) is 6.30. The number of aryl methyl sites for hydroxylation is 1. The van der Waals surface area contributed by atoms with Gasteiger partial charge in [-0.25, -0.2) is 4.98 Å². The maximum absolute atomic E-state index is 15.1. The fourth-order valence-electron chi connectivity index (χ4n) is 7.56. The number of hydrogen-bond acceptors (Lipinski definition) is 7. The predicted molar refractivity (Wildman–Crippen MR) is 194 cm³/mol. The fourth-order valence-corrected chi connectivity index (χ4v) is 8.50. The number of rotatable bonds is 12. The molecular formula is C40H43N5O4S. The van der Waals surface area contributed by atoms with E-state index in [0.717, 1.165) is 41.1 Å². The molecule has 4 heterocycles. The van der Waals surface area contributed by atoms with Crippen LogP contribution in [0.15, 0.2) is 103 Å². The minimum atomic E-state index is -1.83. The molecule has 3 aromatic carbocycles. The molecule has 4 unspecified atom stereocenters. The zero-order chi connectivity index (χ0) is 34.7. The first kappa shape index (κ1) is 33.9. The van der Waals surface area contributed by atoms with Gasteiger partial charge in [-0.3, -0.25) is 9.59 Å². The molecule has 0 bridgehead atoms. The third kappa shape index (κ3) is 6.89. The van der Waals surface area contributed by atoms with Gasteiger partial charge in [0.1, 0.15) is 5.01 Å². The van der Waals surface area contributed by atoms with Crippen molar-refractivity contribution in [3.8, 4) is 5.69 Å². The van der Waals surface area contributed by atoms with Crippen LogP contribution in [0.25, 0.3) is 5.69 Å². The van der Waals surface area contributed by atoms with Crippen molar-refractivity contribution in [1.29, 1.82) is 0 Å². The summed E-state index contributed by atoms with van der Waals surface area (Å²) in [5.41, 5.74) is 10.5. The SMILES string of the molecule is Cc1csc(C2CCCN2C(=O)c2cc(-n3cccc3)cc(C(N)=O)c2C(Cc2ccccc2)C(O)(OCc2ccccc2)C2CCCN2)n1. The van der Waals surface area contributed by atoms with Crippen LogP contribution in [0.5, 0.6) is 0 Å². The van der Waals surface area contributed by atoms with Crippen molar-refractivity contribution >= 4 is 23.2 Å². The lowest BCUT2D eigenvalue weighted by atomic mass is 9.76. The molecule has 0 radical (unpaired) electrons. The smallest absolute Gasteiger partial charge is 0.254 e. The molecule has 2 aliphatic heterocycles. The average molecular weight is 690 g/mol. The number of nitrogens with zero attached hydrogens (tertiary/aromatic N) is 3. The van der Waals surface area contributed by atoms with Crippen molar-refractivity contribution < 1.29 is 19.4 Å². The third-order valence-corrected chi connectivity index (χ3v) is 11.1. The second-order valence-corrected chi connectivity index (χ2v) is 14.2. The zero-order valence-electron chi connectivity index (χ0n) is 28.2. The number of aromatic nitrogens is 2. The Morgan fingerprint density at radius 3 is 2.34 bits per heavy atom. The van der Waals surface area contributed by atoms with Crippen LogP contribution in [0.2, 0.25) is 0 Å². The number of hydrogen-bond donors (Lipinski definition) is 3. The Bertz CT molecular complexity index is 1920. The van der Waals surface area contributed by atoms with E-state index in [1.165, 1.54) is 0 Å². The van der Waals surface area contributed by atoms with E-state index < -0.39 is 23.7 Å². The molecule has 4 atom stereocenters. The van der Waals surface area contributed by atoms with Gasteiger partial charge in [0.05, 0.1) is 18.7 Å². The summed E-state index contributed by atoms with van der Waals surface area (Å²) < 4.78 is 8.54. The van der Waals surface area contributed by atoms with Gasteiger partial charge in [0.2, 0.25) is 5.91 Å². The standard InChI is InChI=1S/C40H43N5O4S/c1-27-26-50-38(43-27)34-16-11-21-45(34)39(47)32-24-30(44-19-8-9-20-44)23-31(37(41)46)36(32)33(22-28-12-4-2-5-13-28)40(48,35-17-10-18-42-35)49-25-29-14-6-3-7-15-29/h2-9,12-15,19-20,23-24,26,33-35,42,48H,10-11,16-18,21-22,25H2,1H3,(H2,41,46). The number of aliphatic hydroxyl groups is 1. The van der Waals surface area contributed by atoms with Crippen molar-refractivity contribution in [3.05, 3.63) is 141 Å². The highest BCUT2D eigenvalue weighted by atomic mass is 32.1. The summed E-state index contributed by atoms with van der Waals surface area (Å²) in [6, 6.07) is 26.2. The maximum atomic E-state index is 15.1. The van der Waals surface area contributed by atoms with E-state index in [2.05, 4.69) is 5.32 Å². The summed E-state index contributed by atoms with van der Waals surface area (Å²) in [6.07, 6.45) is 7.16. The lowest BCUT2D eigenvalue weighted by Gasteiger charge is -2.42. The molecule has 10 heteroatoms. The lowest BCUT2D eigenvalue weighted by molar-refractivity contribution is -0.242. The van der Waals surface area contributed by atoms with Crippen LogP contribution in [0, 0.1) is 6.92 Å². The topological polar surface area (TPSA) is 123 Å². The number of likely N-dealkylation sites (tertiary alicyclic amines) is 1. The van der Waals surface area contributed by atoms with Crippen molar-refractivity contribution in [2.75, 3.05) is 13.1 Å². The summed E-state index contributed by atoms with van der Waals surface area (Å²) in [7, 11) is 0. The van der Waals surface area contributed by atoms with Crippen molar-refractivity contribution in [3.63, 3.8) is 0 Å². The molecule has 2 aromatic heterocycles. The van der Waals surface area contributed by atoms with Gasteiger partial charge in [0.15, 0.2) is 5.79 Å². The van der Waals surface area contributed by atoms with E-state index in [9.17, 15) is 9.90 Å². The van der Waals surface area contributed by atoms with Gasteiger partial charge in [-0.2, -0.15) is 0 Å². The Hall–Kier alpha value is -4.61. The second kappa shape index (κ2) is 14.7. The summed E-state index contributed by atoms with van der Waals surface area (Å²) in [6.45, 7) is 3.35. The Kier molecular flexibility index (Phi) is 9.96. The van der Waals surface area contributed by atoms with Gasteiger partial charge in [-0.05, 0) is 86.5 Å². The molecule has 0 aliphatic carbocycles. The number of nitrogens with one attached hydrogen (secondary N) is 1. The maximum Gasteiger partial charge on any atom is 0.254 e. The molecular weight excluding hydrogens is 647 g/mol. The highest BCUT2D eigenvalue weighted by Crippen LogP contribution is 2.44. The van der Waals surface area contributed by atoms with Gasteiger partial charge >= 0.3 is 0 Å². The van der Waals surface area contributed by atoms with E-state index in [4.69, 9.17) is 15.5 Å². The largest absolute Gasteiger partial charge is 0.366 e. The average Bonchev–Trinajstić information content (AvgIpc) is 3.98. The van der Waals surface area contributed by atoms with Crippen molar-refractivity contribution in [1.82, 2.24) is 19.8 Å². The van der Waals surface area contributed by atoms with Gasteiger partial charge in [-0.1, -0.05) is 60.7 Å². The van der Waals surface area contributed by atoms with Gasteiger partial charge in [-0.15, -0.1) is 11.3 Å². The van der Waals surface area contributed by atoms with Crippen LogP contribution < -0.4 is 11.1 Å². The van der Waals surface area contributed by atoms with E-state index in [0.29, 0.717) is 42.7 Å². The highest BCUT2D eigenvalue weighted by molar-refractivity contribution is 7.09. The van der Waals surface area contributed by atoms with Gasteiger partial charge < -0.3 is 30.4 Å². The molecule has 9 nitrogen and oxygen atoms in total. The van der Waals surface area contributed by atoms with E-state index in [-0.39, 0.29) is 24.1 Å². The number of carbonyl (C=O) groups is 2. The summed E-state index contributed by atoms with van der Waals surface area (Å²) in [5.74, 6) is -3.59. The molecule has 5 aromatic rings. The minimum absolute atomic E-state index is 0.134. The van der Waals surface area contributed by atoms with Crippen LogP contribution in [-0.2, 0) is 17.8 Å². The van der Waals surface area contributed by atoms with Crippen LogP contribution in [0.4, 0.5) is 0 Å². The Balaban J connectivity index is 1.44. The molecule has 2 aliphatic rings. The quantitative estimate of drug-likeness (QED) is 0.132. The molecule has 0 spiro atoms. The van der Waals surface area contributed by atoms with Crippen LogP contribution in [-0.4, -0.2) is 56.3 Å². The fraction of sp³-hybridized carbons (Fsp3) is 0.325. The molecule has 4 N–H and O–H groups in total.